The molecule has 0 aliphatic heterocycles. The molecule has 0 amide bonds. The molecule has 6 heteroatoms. The van der Waals surface area contributed by atoms with Gasteiger partial charge in [0, 0.05) is 11.3 Å². The van der Waals surface area contributed by atoms with Crippen molar-refractivity contribution in [1.82, 2.24) is 14.6 Å². The number of fused-ring (bicyclic) bond motifs is 1. The maximum atomic E-state index is 12.2. The fourth-order valence-corrected chi connectivity index (χ4v) is 3.01. The van der Waals surface area contributed by atoms with E-state index in [9.17, 15) is 4.79 Å². The van der Waals surface area contributed by atoms with Crippen molar-refractivity contribution in [3.05, 3.63) is 47.9 Å². The van der Waals surface area contributed by atoms with Crippen LogP contribution in [0.4, 0.5) is 5.82 Å². The number of anilines is 1. The number of rotatable bonds is 5. The first-order valence-electron chi connectivity index (χ1n) is 9.25. The third-order valence-corrected chi connectivity index (χ3v) is 4.27. The van der Waals surface area contributed by atoms with Crippen molar-refractivity contribution < 1.29 is 9.53 Å². The van der Waals surface area contributed by atoms with Crippen LogP contribution in [0.15, 0.2) is 36.7 Å². The van der Waals surface area contributed by atoms with Gasteiger partial charge in [0.1, 0.15) is 17.4 Å². The molecule has 0 aliphatic rings. The highest BCUT2D eigenvalue weighted by atomic mass is 16.6. The van der Waals surface area contributed by atoms with Crippen molar-refractivity contribution in [3.8, 4) is 11.1 Å². The minimum absolute atomic E-state index is 0.331. The maximum absolute atomic E-state index is 12.2. The largest absolute Gasteiger partial charge is 0.456 e. The van der Waals surface area contributed by atoms with Gasteiger partial charge in [-0.1, -0.05) is 25.5 Å². The molecule has 0 unspecified atom stereocenters. The molecule has 0 atom stereocenters. The SMILES string of the molecule is CCCCc1cc(-c2ccc(C(=O)OC(C)(C)C)cc2)c2c(N)ncnn12. The molecular formula is C21H26N4O2. The molecule has 1 aromatic carbocycles. The summed E-state index contributed by atoms with van der Waals surface area (Å²) in [5.41, 5.74) is 9.97. The Morgan fingerprint density at radius 3 is 2.56 bits per heavy atom. The van der Waals surface area contributed by atoms with E-state index in [1.165, 1.54) is 6.33 Å². The minimum Gasteiger partial charge on any atom is -0.456 e. The molecule has 0 aliphatic carbocycles. The van der Waals surface area contributed by atoms with E-state index in [0.29, 0.717) is 11.4 Å². The predicted octanol–water partition coefficient (Wildman–Crippen LogP) is 4.28. The summed E-state index contributed by atoms with van der Waals surface area (Å²) in [6.07, 6.45) is 4.58. The summed E-state index contributed by atoms with van der Waals surface area (Å²) < 4.78 is 7.29. The second kappa shape index (κ2) is 7.39. The molecule has 3 aromatic rings. The maximum Gasteiger partial charge on any atom is 0.338 e. The van der Waals surface area contributed by atoms with Gasteiger partial charge in [0.15, 0.2) is 5.82 Å². The lowest BCUT2D eigenvalue weighted by molar-refractivity contribution is 0.00695. The van der Waals surface area contributed by atoms with Crippen LogP contribution >= 0.6 is 0 Å². The molecule has 2 N–H and O–H groups in total. The first-order valence-corrected chi connectivity index (χ1v) is 9.25. The summed E-state index contributed by atoms with van der Waals surface area (Å²) in [7, 11) is 0. The summed E-state index contributed by atoms with van der Waals surface area (Å²) in [5, 5.41) is 4.38. The van der Waals surface area contributed by atoms with Crippen molar-refractivity contribution in [2.75, 3.05) is 5.73 Å². The molecule has 0 saturated heterocycles. The molecule has 3 rings (SSSR count). The molecule has 0 bridgehead atoms. The normalized spacial score (nSPS) is 11.7. The van der Waals surface area contributed by atoms with Crippen LogP contribution in [-0.4, -0.2) is 26.2 Å². The van der Waals surface area contributed by atoms with E-state index in [1.54, 1.807) is 12.1 Å². The quantitative estimate of drug-likeness (QED) is 0.682. The number of nitrogens with zero attached hydrogens (tertiary/aromatic N) is 3. The van der Waals surface area contributed by atoms with Gasteiger partial charge < -0.3 is 10.5 Å². The lowest BCUT2D eigenvalue weighted by Crippen LogP contribution is -2.23. The highest BCUT2D eigenvalue weighted by Gasteiger charge is 2.19. The van der Waals surface area contributed by atoms with E-state index in [-0.39, 0.29) is 5.97 Å². The van der Waals surface area contributed by atoms with Crippen LogP contribution in [0.3, 0.4) is 0 Å². The van der Waals surface area contributed by atoms with Gasteiger partial charge in [-0.2, -0.15) is 5.10 Å². The molecule has 142 valence electrons. The first kappa shape index (κ1) is 18.9. The van der Waals surface area contributed by atoms with Crippen molar-refractivity contribution in [2.24, 2.45) is 0 Å². The highest BCUT2D eigenvalue weighted by molar-refractivity contribution is 5.92. The number of aryl methyl sites for hydroxylation is 1. The van der Waals surface area contributed by atoms with Crippen LogP contribution in [0.1, 0.15) is 56.6 Å². The van der Waals surface area contributed by atoms with E-state index in [2.05, 4.69) is 23.1 Å². The van der Waals surface area contributed by atoms with E-state index in [0.717, 1.165) is 41.6 Å². The number of unbranched alkanes of at least 4 members (excludes halogenated alkanes) is 1. The monoisotopic (exact) mass is 366 g/mol. The number of aromatic nitrogens is 3. The van der Waals surface area contributed by atoms with E-state index >= 15 is 0 Å². The standard InChI is InChI=1S/C21H26N4O2/c1-5-6-7-16-12-17(18-19(22)23-13-24-25(16)18)14-8-10-15(11-9-14)20(26)27-21(2,3)4/h8-13H,5-7H2,1-4H3,(H2,22,23,24). The van der Waals surface area contributed by atoms with Crippen LogP contribution in [0.25, 0.3) is 16.6 Å². The zero-order chi connectivity index (χ0) is 19.6. The van der Waals surface area contributed by atoms with Gasteiger partial charge in [-0.25, -0.2) is 14.3 Å². The van der Waals surface area contributed by atoms with Crippen LogP contribution in [0.5, 0.6) is 0 Å². The summed E-state index contributed by atoms with van der Waals surface area (Å²) in [6, 6.07) is 9.48. The Bertz CT molecular complexity index is 953. The van der Waals surface area contributed by atoms with Crippen molar-refractivity contribution in [1.29, 1.82) is 0 Å². The smallest absolute Gasteiger partial charge is 0.338 e. The third-order valence-electron chi connectivity index (χ3n) is 4.27. The predicted molar refractivity (Wildman–Crippen MR) is 107 cm³/mol. The second-order valence-corrected chi connectivity index (χ2v) is 7.64. The number of esters is 1. The number of carbonyl (C=O) groups excluding carboxylic acids is 1. The van der Waals surface area contributed by atoms with Crippen molar-refractivity contribution >= 4 is 17.3 Å². The molecule has 0 fully saturated rings. The van der Waals surface area contributed by atoms with Gasteiger partial charge in [0.25, 0.3) is 0 Å². The Labute approximate surface area is 159 Å². The number of nitrogens with two attached hydrogens (primary N) is 1. The Morgan fingerprint density at radius 1 is 1.22 bits per heavy atom. The summed E-state index contributed by atoms with van der Waals surface area (Å²) in [4.78, 5) is 16.4. The van der Waals surface area contributed by atoms with Gasteiger partial charge in [0.2, 0.25) is 0 Å². The Hall–Kier alpha value is -2.89. The molecule has 2 heterocycles. The fourth-order valence-electron chi connectivity index (χ4n) is 3.01. The number of nitrogen functional groups attached to an aromatic ring is 1. The zero-order valence-corrected chi connectivity index (χ0v) is 16.3. The zero-order valence-electron chi connectivity index (χ0n) is 16.3. The Kier molecular flexibility index (Phi) is 5.17. The number of ether oxygens (including phenoxy) is 1. The minimum atomic E-state index is -0.520. The van der Waals surface area contributed by atoms with Crippen LogP contribution in [0.2, 0.25) is 0 Å². The van der Waals surface area contributed by atoms with E-state index < -0.39 is 5.60 Å². The number of carbonyl (C=O) groups is 1. The Morgan fingerprint density at radius 2 is 1.93 bits per heavy atom. The molecular weight excluding hydrogens is 340 g/mol. The summed E-state index contributed by atoms with van der Waals surface area (Å²) in [5.74, 6) is 0.112. The third kappa shape index (κ3) is 4.10. The van der Waals surface area contributed by atoms with Crippen molar-refractivity contribution in [3.63, 3.8) is 0 Å². The molecule has 2 aromatic heterocycles. The second-order valence-electron chi connectivity index (χ2n) is 7.64. The Balaban J connectivity index is 1.99. The van der Waals surface area contributed by atoms with Gasteiger partial charge in [-0.15, -0.1) is 0 Å². The average Bonchev–Trinajstić information content (AvgIpc) is 2.99. The number of hydrogen-bond acceptors (Lipinski definition) is 5. The van der Waals surface area contributed by atoms with E-state index in [1.807, 2.05) is 37.4 Å². The molecule has 0 radical (unpaired) electrons. The van der Waals surface area contributed by atoms with Crippen molar-refractivity contribution in [2.45, 2.75) is 52.6 Å². The van der Waals surface area contributed by atoms with Gasteiger partial charge in [0.05, 0.1) is 5.56 Å². The number of hydrogen-bond donors (Lipinski definition) is 1. The number of benzene rings is 1. The lowest BCUT2D eigenvalue weighted by Gasteiger charge is -2.19. The highest BCUT2D eigenvalue weighted by Crippen LogP contribution is 2.31. The van der Waals surface area contributed by atoms with Crippen LogP contribution in [0, 0.1) is 0 Å². The van der Waals surface area contributed by atoms with E-state index in [4.69, 9.17) is 10.5 Å². The first-order chi connectivity index (χ1) is 12.8. The van der Waals surface area contributed by atoms with Crippen LogP contribution < -0.4 is 5.73 Å². The molecule has 27 heavy (non-hydrogen) atoms. The fraction of sp³-hybridized carbons (Fsp3) is 0.381. The lowest BCUT2D eigenvalue weighted by atomic mass is 10.0. The average molecular weight is 366 g/mol. The van der Waals surface area contributed by atoms with Gasteiger partial charge in [-0.3, -0.25) is 0 Å². The van der Waals surface area contributed by atoms with Gasteiger partial charge >= 0.3 is 5.97 Å². The summed E-state index contributed by atoms with van der Waals surface area (Å²) >= 11 is 0. The molecule has 0 spiro atoms. The molecule has 6 nitrogen and oxygen atoms in total. The summed E-state index contributed by atoms with van der Waals surface area (Å²) in [6.45, 7) is 7.73. The van der Waals surface area contributed by atoms with Gasteiger partial charge in [-0.05, 0) is 57.4 Å². The van der Waals surface area contributed by atoms with Crippen LogP contribution in [-0.2, 0) is 11.2 Å². The topological polar surface area (TPSA) is 82.5 Å². The molecule has 0 saturated carbocycles.